The van der Waals surface area contributed by atoms with Crippen LogP contribution in [0.2, 0.25) is 0 Å². The van der Waals surface area contributed by atoms with E-state index in [1.807, 2.05) is 0 Å². The molecule has 4 heteroatoms. The van der Waals surface area contributed by atoms with Crippen molar-refractivity contribution in [3.05, 3.63) is 48.4 Å². The highest BCUT2D eigenvalue weighted by molar-refractivity contribution is 5.44. The van der Waals surface area contributed by atoms with Gasteiger partial charge in [-0.05, 0) is 24.3 Å². The lowest BCUT2D eigenvalue weighted by atomic mass is 10.3. The van der Waals surface area contributed by atoms with E-state index in [9.17, 15) is 4.39 Å². The smallest absolute Gasteiger partial charge is 0.255 e. The molecule has 0 aliphatic rings. The van der Waals surface area contributed by atoms with Gasteiger partial charge in [0.1, 0.15) is 5.75 Å². The molecule has 1 aromatic heterocycles. The van der Waals surface area contributed by atoms with Crippen molar-refractivity contribution < 1.29 is 9.13 Å². The summed E-state index contributed by atoms with van der Waals surface area (Å²) in [6.45, 7) is 0. The van der Waals surface area contributed by atoms with Crippen LogP contribution in [0.3, 0.4) is 0 Å². The van der Waals surface area contributed by atoms with Crippen LogP contribution in [0, 0.1) is 5.82 Å². The Morgan fingerprint density at radius 2 is 2.07 bits per heavy atom. The standard InChI is InChI=1S/C11H9FN2O/c12-10-5-2-6-14-11(10)15-9-4-1-3-8(13)7-9/h1-7H,13H2. The quantitative estimate of drug-likeness (QED) is 0.765. The minimum atomic E-state index is -0.500. The van der Waals surface area contributed by atoms with Gasteiger partial charge in [-0.15, -0.1) is 0 Å². The van der Waals surface area contributed by atoms with Gasteiger partial charge in [-0.1, -0.05) is 6.07 Å². The third-order valence-corrected chi connectivity index (χ3v) is 1.80. The Morgan fingerprint density at radius 3 is 2.80 bits per heavy atom. The zero-order valence-corrected chi connectivity index (χ0v) is 7.85. The van der Waals surface area contributed by atoms with Crippen molar-refractivity contribution in [2.75, 3.05) is 5.73 Å². The third kappa shape index (κ3) is 2.22. The predicted molar refractivity (Wildman–Crippen MR) is 55.1 cm³/mol. The highest BCUT2D eigenvalue weighted by atomic mass is 19.1. The molecule has 1 heterocycles. The van der Waals surface area contributed by atoms with E-state index >= 15 is 0 Å². The number of aromatic nitrogens is 1. The van der Waals surface area contributed by atoms with Gasteiger partial charge in [0.2, 0.25) is 0 Å². The highest BCUT2D eigenvalue weighted by Crippen LogP contribution is 2.22. The molecule has 0 aliphatic heterocycles. The zero-order valence-electron chi connectivity index (χ0n) is 7.85. The van der Waals surface area contributed by atoms with Crippen molar-refractivity contribution in [3.63, 3.8) is 0 Å². The van der Waals surface area contributed by atoms with Gasteiger partial charge < -0.3 is 10.5 Å². The first-order valence-electron chi connectivity index (χ1n) is 4.39. The first kappa shape index (κ1) is 9.45. The second kappa shape index (κ2) is 3.96. The number of hydrogen-bond donors (Lipinski definition) is 1. The summed E-state index contributed by atoms with van der Waals surface area (Å²) >= 11 is 0. The molecule has 15 heavy (non-hydrogen) atoms. The number of nitrogens with two attached hydrogens (primary N) is 1. The molecule has 3 nitrogen and oxygen atoms in total. The fraction of sp³-hybridized carbons (Fsp3) is 0. The normalized spacial score (nSPS) is 9.93. The Balaban J connectivity index is 2.26. The van der Waals surface area contributed by atoms with Gasteiger partial charge in [0, 0.05) is 18.0 Å². The average Bonchev–Trinajstić information content (AvgIpc) is 2.22. The topological polar surface area (TPSA) is 48.1 Å². The maximum Gasteiger partial charge on any atom is 0.255 e. The summed E-state index contributed by atoms with van der Waals surface area (Å²) in [6, 6.07) is 9.53. The molecule has 1 aromatic carbocycles. The first-order chi connectivity index (χ1) is 7.25. The number of benzene rings is 1. The van der Waals surface area contributed by atoms with Crippen molar-refractivity contribution in [2.24, 2.45) is 0 Å². The van der Waals surface area contributed by atoms with Gasteiger partial charge in [-0.2, -0.15) is 0 Å². The van der Waals surface area contributed by atoms with Crippen LogP contribution < -0.4 is 10.5 Å². The Bertz CT molecular complexity index is 474. The van der Waals surface area contributed by atoms with E-state index in [-0.39, 0.29) is 5.88 Å². The maximum absolute atomic E-state index is 13.2. The van der Waals surface area contributed by atoms with Crippen molar-refractivity contribution >= 4 is 5.69 Å². The molecule has 2 N–H and O–H groups in total. The fourth-order valence-corrected chi connectivity index (χ4v) is 1.14. The van der Waals surface area contributed by atoms with Gasteiger partial charge in [-0.3, -0.25) is 0 Å². The van der Waals surface area contributed by atoms with Crippen molar-refractivity contribution in [3.8, 4) is 11.6 Å². The molecular weight excluding hydrogens is 195 g/mol. The molecule has 0 atom stereocenters. The molecule has 0 radical (unpaired) electrons. The number of nitrogen functional groups attached to an aromatic ring is 1. The summed E-state index contributed by atoms with van der Waals surface area (Å²) in [5, 5.41) is 0. The second-order valence-corrected chi connectivity index (χ2v) is 2.96. The molecule has 2 rings (SSSR count). The lowest BCUT2D eigenvalue weighted by molar-refractivity contribution is 0.423. The van der Waals surface area contributed by atoms with Gasteiger partial charge in [-0.25, -0.2) is 9.37 Å². The predicted octanol–water partition coefficient (Wildman–Crippen LogP) is 2.60. The van der Waals surface area contributed by atoms with Crippen LogP contribution in [-0.2, 0) is 0 Å². The number of hydrogen-bond acceptors (Lipinski definition) is 3. The summed E-state index contributed by atoms with van der Waals surface area (Å²) in [6.07, 6.45) is 1.46. The van der Waals surface area contributed by atoms with E-state index in [0.29, 0.717) is 11.4 Å². The zero-order chi connectivity index (χ0) is 10.7. The van der Waals surface area contributed by atoms with Crippen LogP contribution in [0.4, 0.5) is 10.1 Å². The highest BCUT2D eigenvalue weighted by Gasteiger charge is 2.04. The van der Waals surface area contributed by atoms with Crippen molar-refractivity contribution in [1.82, 2.24) is 4.98 Å². The molecule has 0 bridgehead atoms. The van der Waals surface area contributed by atoms with Crippen molar-refractivity contribution in [2.45, 2.75) is 0 Å². The van der Waals surface area contributed by atoms with Crippen LogP contribution in [-0.4, -0.2) is 4.98 Å². The fourth-order valence-electron chi connectivity index (χ4n) is 1.14. The molecule has 0 amide bonds. The Kier molecular flexibility index (Phi) is 2.49. The molecule has 0 aliphatic carbocycles. The van der Waals surface area contributed by atoms with Crippen LogP contribution >= 0.6 is 0 Å². The van der Waals surface area contributed by atoms with Crippen LogP contribution in [0.15, 0.2) is 42.6 Å². The summed E-state index contributed by atoms with van der Waals surface area (Å²) in [5.41, 5.74) is 6.12. The van der Waals surface area contributed by atoms with Crippen LogP contribution in [0.25, 0.3) is 0 Å². The largest absolute Gasteiger partial charge is 0.436 e. The SMILES string of the molecule is Nc1cccc(Oc2ncccc2F)c1. The number of rotatable bonds is 2. The minimum Gasteiger partial charge on any atom is -0.436 e. The average molecular weight is 204 g/mol. The minimum absolute atomic E-state index is 0.0527. The molecule has 0 unspecified atom stereocenters. The monoisotopic (exact) mass is 204 g/mol. The molecule has 2 aromatic rings. The van der Waals surface area contributed by atoms with E-state index in [2.05, 4.69) is 4.98 Å². The first-order valence-corrected chi connectivity index (χ1v) is 4.39. The van der Waals surface area contributed by atoms with Crippen LogP contribution in [0.1, 0.15) is 0 Å². The molecule has 76 valence electrons. The van der Waals surface area contributed by atoms with Crippen LogP contribution in [0.5, 0.6) is 11.6 Å². The van der Waals surface area contributed by atoms with Gasteiger partial charge in [0.15, 0.2) is 5.82 Å². The third-order valence-electron chi connectivity index (χ3n) is 1.80. The Hall–Kier alpha value is -2.10. The second-order valence-electron chi connectivity index (χ2n) is 2.96. The summed E-state index contributed by atoms with van der Waals surface area (Å²) in [4.78, 5) is 3.77. The van der Waals surface area contributed by atoms with Crippen molar-refractivity contribution in [1.29, 1.82) is 0 Å². The van der Waals surface area contributed by atoms with E-state index in [1.165, 1.54) is 18.3 Å². The number of halogens is 1. The van der Waals surface area contributed by atoms with E-state index in [0.717, 1.165) is 0 Å². The summed E-state index contributed by atoms with van der Waals surface area (Å²) in [5.74, 6) is -0.0874. The number of ether oxygens (including phenoxy) is 1. The summed E-state index contributed by atoms with van der Waals surface area (Å²) < 4.78 is 18.4. The summed E-state index contributed by atoms with van der Waals surface area (Å²) in [7, 11) is 0. The van der Waals surface area contributed by atoms with E-state index < -0.39 is 5.82 Å². The molecule has 0 fully saturated rings. The van der Waals surface area contributed by atoms with E-state index in [4.69, 9.17) is 10.5 Å². The number of anilines is 1. The molecule has 0 saturated carbocycles. The van der Waals surface area contributed by atoms with E-state index in [1.54, 1.807) is 24.3 Å². The lowest BCUT2D eigenvalue weighted by Crippen LogP contribution is -1.92. The maximum atomic E-state index is 13.2. The molecular formula is C11H9FN2O. The Morgan fingerprint density at radius 1 is 1.20 bits per heavy atom. The number of nitrogens with zero attached hydrogens (tertiary/aromatic N) is 1. The van der Waals surface area contributed by atoms with Gasteiger partial charge in [0.05, 0.1) is 0 Å². The number of pyridine rings is 1. The lowest BCUT2D eigenvalue weighted by Gasteiger charge is -2.05. The molecule has 0 spiro atoms. The Labute approximate surface area is 86.3 Å². The molecule has 0 saturated heterocycles. The van der Waals surface area contributed by atoms with Gasteiger partial charge in [0.25, 0.3) is 5.88 Å². The van der Waals surface area contributed by atoms with Gasteiger partial charge >= 0.3 is 0 Å².